The van der Waals surface area contributed by atoms with Crippen molar-refractivity contribution in [1.29, 1.82) is 0 Å². The molecule has 6 nitrogen and oxygen atoms in total. The summed E-state index contributed by atoms with van der Waals surface area (Å²) in [5.74, 6) is 1.38. The first-order chi connectivity index (χ1) is 15.6. The highest BCUT2D eigenvalue weighted by Gasteiger charge is 2.20. The van der Waals surface area contributed by atoms with Crippen LogP contribution < -0.4 is 10.6 Å². The lowest BCUT2D eigenvalue weighted by Gasteiger charge is -2.21. The van der Waals surface area contributed by atoms with Gasteiger partial charge in [-0.1, -0.05) is 62.2 Å². The number of nitrogens with one attached hydrogen (secondary N) is 2. The molecule has 2 aromatic carbocycles. The van der Waals surface area contributed by atoms with E-state index in [9.17, 15) is 9.59 Å². The first kappa shape index (κ1) is 22.3. The molecule has 1 saturated carbocycles. The summed E-state index contributed by atoms with van der Waals surface area (Å²) >= 11 is 1.44. The predicted molar refractivity (Wildman–Crippen MR) is 130 cm³/mol. The molecule has 7 heteroatoms. The summed E-state index contributed by atoms with van der Waals surface area (Å²) in [6, 6.07) is 15.2. The third kappa shape index (κ3) is 5.65. The third-order valence-corrected chi connectivity index (χ3v) is 6.64. The molecule has 32 heavy (non-hydrogen) atoms. The Hall–Kier alpha value is -2.93. The number of rotatable bonds is 7. The van der Waals surface area contributed by atoms with Gasteiger partial charge in [-0.15, -0.1) is 0 Å². The largest absolute Gasteiger partial charge is 0.326 e. The van der Waals surface area contributed by atoms with Crippen LogP contribution in [0.15, 0.2) is 53.6 Å². The minimum absolute atomic E-state index is 0.0616. The molecule has 0 aliphatic heterocycles. The molecule has 4 rings (SSSR count). The van der Waals surface area contributed by atoms with E-state index >= 15 is 0 Å². The lowest BCUT2D eigenvalue weighted by Crippen LogP contribution is -2.15. The fourth-order valence-corrected chi connectivity index (χ4v) is 4.80. The van der Waals surface area contributed by atoms with Crippen molar-refractivity contribution in [2.24, 2.45) is 0 Å². The molecule has 1 fully saturated rings. The molecule has 1 aliphatic carbocycles. The molecular formula is C25H28N4O2S. The van der Waals surface area contributed by atoms with Gasteiger partial charge >= 0.3 is 0 Å². The zero-order chi connectivity index (χ0) is 22.3. The van der Waals surface area contributed by atoms with Crippen molar-refractivity contribution in [2.75, 3.05) is 16.4 Å². The standard InChI is InChI=1S/C25H28N4O2S/c1-2-22(30)26-18-11-8-12-19(15-18)27-23(31)16-32-25-20-13-6-7-14-21(20)28-24(29-25)17-9-4-3-5-10-17/h6-8,11-15,17H,2-5,9-10,16H2,1H3,(H,26,30)(H,27,31). The van der Waals surface area contributed by atoms with Gasteiger partial charge in [-0.3, -0.25) is 9.59 Å². The summed E-state index contributed by atoms with van der Waals surface area (Å²) in [4.78, 5) is 34.0. The molecule has 0 spiro atoms. The number of carbonyl (C=O) groups excluding carboxylic acids is 2. The molecule has 0 saturated heterocycles. The molecule has 0 radical (unpaired) electrons. The fraction of sp³-hybridized carbons (Fsp3) is 0.360. The summed E-state index contributed by atoms with van der Waals surface area (Å²) in [5.41, 5.74) is 2.26. The number of fused-ring (bicyclic) bond motifs is 1. The second-order valence-corrected chi connectivity index (χ2v) is 9.02. The number of amides is 2. The fourth-order valence-electron chi connectivity index (χ4n) is 3.97. The Balaban J connectivity index is 1.46. The van der Waals surface area contributed by atoms with Crippen molar-refractivity contribution in [3.63, 3.8) is 0 Å². The maximum absolute atomic E-state index is 12.6. The number of carbonyl (C=O) groups is 2. The molecule has 0 unspecified atom stereocenters. The van der Waals surface area contributed by atoms with E-state index in [0.29, 0.717) is 23.7 Å². The average Bonchev–Trinajstić information content (AvgIpc) is 2.83. The third-order valence-electron chi connectivity index (χ3n) is 5.65. The number of thioether (sulfide) groups is 1. The van der Waals surface area contributed by atoms with Crippen molar-refractivity contribution in [1.82, 2.24) is 9.97 Å². The van der Waals surface area contributed by atoms with E-state index in [1.807, 2.05) is 36.4 Å². The lowest BCUT2D eigenvalue weighted by molar-refractivity contribution is -0.116. The van der Waals surface area contributed by atoms with Gasteiger partial charge in [0, 0.05) is 29.1 Å². The molecule has 1 heterocycles. The molecule has 2 N–H and O–H groups in total. The maximum Gasteiger partial charge on any atom is 0.234 e. The van der Waals surface area contributed by atoms with Gasteiger partial charge in [-0.05, 0) is 37.1 Å². The van der Waals surface area contributed by atoms with Crippen molar-refractivity contribution < 1.29 is 9.59 Å². The zero-order valence-corrected chi connectivity index (χ0v) is 19.1. The van der Waals surface area contributed by atoms with Gasteiger partial charge in [-0.25, -0.2) is 9.97 Å². The number of hydrogen-bond donors (Lipinski definition) is 2. The number of nitrogens with zero attached hydrogens (tertiary/aromatic N) is 2. The lowest BCUT2D eigenvalue weighted by atomic mass is 9.88. The molecule has 0 bridgehead atoms. The normalized spacial score (nSPS) is 14.3. The van der Waals surface area contributed by atoms with Crippen LogP contribution in [0.4, 0.5) is 11.4 Å². The summed E-state index contributed by atoms with van der Waals surface area (Å²) in [7, 11) is 0. The number of benzene rings is 2. The average molecular weight is 449 g/mol. The van der Waals surface area contributed by atoms with Gasteiger partial charge in [0.15, 0.2) is 0 Å². The van der Waals surface area contributed by atoms with Crippen LogP contribution in [0.1, 0.15) is 57.2 Å². The van der Waals surface area contributed by atoms with Gasteiger partial charge in [0.1, 0.15) is 10.9 Å². The van der Waals surface area contributed by atoms with E-state index in [1.165, 1.54) is 31.0 Å². The van der Waals surface area contributed by atoms with Crippen LogP contribution in [-0.2, 0) is 9.59 Å². The Morgan fingerprint density at radius 2 is 1.66 bits per heavy atom. The predicted octanol–water partition coefficient (Wildman–Crippen LogP) is 5.76. The summed E-state index contributed by atoms with van der Waals surface area (Å²) in [5, 5.41) is 7.56. The topological polar surface area (TPSA) is 84.0 Å². The van der Waals surface area contributed by atoms with Crippen molar-refractivity contribution in [2.45, 2.75) is 56.4 Å². The highest BCUT2D eigenvalue weighted by Crippen LogP contribution is 2.34. The van der Waals surface area contributed by atoms with E-state index in [2.05, 4.69) is 10.6 Å². The molecular weight excluding hydrogens is 420 g/mol. The van der Waals surface area contributed by atoms with E-state index in [-0.39, 0.29) is 17.6 Å². The summed E-state index contributed by atoms with van der Waals surface area (Å²) in [6.45, 7) is 1.80. The van der Waals surface area contributed by atoms with E-state index in [1.54, 1.807) is 19.1 Å². The molecule has 1 aromatic heterocycles. The molecule has 166 valence electrons. The molecule has 2 amide bonds. The van der Waals surface area contributed by atoms with E-state index < -0.39 is 0 Å². The van der Waals surface area contributed by atoms with Crippen LogP contribution in [0, 0.1) is 0 Å². The van der Waals surface area contributed by atoms with Crippen LogP contribution in [0.5, 0.6) is 0 Å². The quantitative estimate of drug-likeness (QED) is 0.355. The minimum atomic E-state index is -0.115. The molecule has 0 atom stereocenters. The van der Waals surface area contributed by atoms with E-state index in [4.69, 9.17) is 9.97 Å². The Bertz CT molecular complexity index is 1110. The van der Waals surface area contributed by atoms with Crippen LogP contribution in [0.25, 0.3) is 10.9 Å². The second-order valence-electron chi connectivity index (χ2n) is 8.06. The highest BCUT2D eigenvalue weighted by molar-refractivity contribution is 8.00. The number of hydrogen-bond acceptors (Lipinski definition) is 5. The Labute approximate surface area is 192 Å². The molecule has 1 aliphatic rings. The SMILES string of the molecule is CCC(=O)Nc1cccc(NC(=O)CSc2nc(C3CCCCC3)nc3ccccc23)c1. The van der Waals surface area contributed by atoms with Gasteiger partial charge in [0.05, 0.1) is 11.3 Å². The van der Waals surface area contributed by atoms with E-state index in [0.717, 1.165) is 34.6 Å². The van der Waals surface area contributed by atoms with Gasteiger partial charge in [0.2, 0.25) is 11.8 Å². The Morgan fingerprint density at radius 1 is 0.938 bits per heavy atom. The first-order valence-corrected chi connectivity index (χ1v) is 12.2. The van der Waals surface area contributed by atoms with Gasteiger partial charge in [-0.2, -0.15) is 0 Å². The minimum Gasteiger partial charge on any atom is -0.326 e. The van der Waals surface area contributed by atoms with Crippen molar-refractivity contribution >= 4 is 45.9 Å². The number of para-hydroxylation sites is 1. The second kappa shape index (κ2) is 10.6. The first-order valence-electron chi connectivity index (χ1n) is 11.2. The van der Waals surface area contributed by atoms with Gasteiger partial charge < -0.3 is 10.6 Å². The smallest absolute Gasteiger partial charge is 0.234 e. The van der Waals surface area contributed by atoms with Crippen LogP contribution >= 0.6 is 11.8 Å². The summed E-state index contributed by atoms with van der Waals surface area (Å²) < 4.78 is 0. The maximum atomic E-state index is 12.6. The van der Waals surface area contributed by atoms with Crippen molar-refractivity contribution in [3.05, 3.63) is 54.4 Å². The van der Waals surface area contributed by atoms with Crippen LogP contribution in [0.2, 0.25) is 0 Å². The van der Waals surface area contributed by atoms with Crippen LogP contribution in [-0.4, -0.2) is 27.5 Å². The van der Waals surface area contributed by atoms with Gasteiger partial charge in [0.25, 0.3) is 0 Å². The Kier molecular flexibility index (Phi) is 7.37. The number of anilines is 2. The van der Waals surface area contributed by atoms with Crippen molar-refractivity contribution in [3.8, 4) is 0 Å². The monoisotopic (exact) mass is 448 g/mol. The summed E-state index contributed by atoms with van der Waals surface area (Å²) in [6.07, 6.45) is 6.41. The molecule has 3 aromatic rings. The highest BCUT2D eigenvalue weighted by atomic mass is 32.2. The zero-order valence-electron chi connectivity index (χ0n) is 18.3. The van der Waals surface area contributed by atoms with Crippen LogP contribution in [0.3, 0.4) is 0 Å². The number of aromatic nitrogens is 2. The Morgan fingerprint density at radius 3 is 2.41 bits per heavy atom.